The largest absolute Gasteiger partial charge is 0.462 e. The van der Waals surface area contributed by atoms with Crippen molar-refractivity contribution >= 4 is 58.4 Å². The molecular weight excluding hydrogens is 821 g/mol. The van der Waals surface area contributed by atoms with E-state index in [0.717, 1.165) is 12.3 Å². The summed E-state index contributed by atoms with van der Waals surface area (Å²) in [7, 11) is 1.40. The third-order valence-corrected chi connectivity index (χ3v) is 11.7. The highest BCUT2D eigenvalue weighted by Crippen LogP contribution is 2.48. The molecule has 2 aromatic rings. The Kier molecular flexibility index (Phi) is 14.0. The van der Waals surface area contributed by atoms with E-state index in [1.807, 2.05) is 0 Å². The summed E-state index contributed by atoms with van der Waals surface area (Å²) in [5, 5.41) is 25.4. The maximum Gasteiger partial charge on any atom is 0.345 e. The second-order valence-corrected chi connectivity index (χ2v) is 16.2. The Morgan fingerprint density at radius 1 is 0.917 bits per heavy atom. The topological polar surface area (TPSA) is 201 Å². The minimum Gasteiger partial charge on any atom is -0.462 e. The van der Waals surface area contributed by atoms with E-state index in [9.17, 15) is 39.0 Å². The van der Waals surface area contributed by atoms with E-state index >= 15 is 0 Å². The first-order valence-electron chi connectivity index (χ1n) is 19.1. The fraction of sp³-hybridized carbons (Fsp3) is 0.409. The molecule has 0 fully saturated rings. The van der Waals surface area contributed by atoms with E-state index in [-0.39, 0.29) is 38.1 Å². The van der Waals surface area contributed by atoms with E-state index < -0.39 is 112 Å². The third-order valence-electron chi connectivity index (χ3n) is 11.1. The minimum absolute atomic E-state index is 0.0296. The van der Waals surface area contributed by atoms with Crippen LogP contribution in [0.5, 0.6) is 11.5 Å². The summed E-state index contributed by atoms with van der Waals surface area (Å²) < 4.78 is 29.3. The number of hydrogen-bond acceptors (Lipinski definition) is 13. The number of hydrogen-bond donors (Lipinski definition) is 3. The standard InChI is InChI=1S/C44H47Cl2NO13/c1-19-11-10-12-20(2)42(54)47-29-18-30(49)32-33(37(29)52)39(59-43(55)27-14-13-26(45)17-28(27)46)24(6)40-34(32)41(53)44(8,60-40)57-16-15-31(56-9)21(3)38(58-25(7)48)23(5)36(51)22(4)35(19)50/h10-19,21-23,31,35-36,38,50-51H,1-9H3,(H,47,54)/b11-10-,16-15-,20-12-/t19-,21+,22+,23-,31-,35-,36-,38+,44-/m0/s1. The molecule has 6 rings (SSSR count). The molecule has 3 aliphatic heterocycles. The van der Waals surface area contributed by atoms with Gasteiger partial charge >= 0.3 is 17.7 Å². The number of carbonyl (C=O) groups excluding carboxylic acids is 6. The second kappa shape index (κ2) is 18.2. The van der Waals surface area contributed by atoms with E-state index in [4.69, 9.17) is 46.9 Å². The Bertz CT molecular complexity index is 2260. The zero-order valence-corrected chi connectivity index (χ0v) is 36.0. The highest BCUT2D eigenvalue weighted by atomic mass is 35.5. The first-order valence-corrected chi connectivity index (χ1v) is 19.9. The Morgan fingerprint density at radius 3 is 2.23 bits per heavy atom. The monoisotopic (exact) mass is 867 g/mol. The van der Waals surface area contributed by atoms with Crippen molar-refractivity contribution in [1.82, 2.24) is 5.32 Å². The lowest BCUT2D eigenvalue weighted by Gasteiger charge is -2.38. The van der Waals surface area contributed by atoms with Crippen LogP contribution in [0, 0.1) is 30.6 Å². The van der Waals surface area contributed by atoms with Crippen molar-refractivity contribution in [3.63, 3.8) is 0 Å². The van der Waals surface area contributed by atoms with Gasteiger partial charge in [-0.1, -0.05) is 69.1 Å². The van der Waals surface area contributed by atoms with E-state index in [1.165, 1.54) is 71.2 Å². The fourth-order valence-electron chi connectivity index (χ4n) is 7.54. The van der Waals surface area contributed by atoms with E-state index in [1.54, 1.807) is 33.8 Å². The van der Waals surface area contributed by atoms with Crippen LogP contribution in [-0.4, -0.2) is 82.7 Å². The number of ether oxygens (including phenoxy) is 5. The number of rotatable bonds is 4. The van der Waals surface area contributed by atoms with Gasteiger partial charge in [-0.25, -0.2) is 4.79 Å². The van der Waals surface area contributed by atoms with Crippen LogP contribution in [0.1, 0.15) is 95.5 Å². The molecule has 0 radical (unpaired) electrons. The van der Waals surface area contributed by atoms with Gasteiger partial charge in [0.05, 0.1) is 57.5 Å². The van der Waals surface area contributed by atoms with Gasteiger partial charge in [0.25, 0.3) is 11.7 Å². The first kappa shape index (κ1) is 46.0. The molecule has 2 aromatic carbocycles. The van der Waals surface area contributed by atoms with Crippen LogP contribution in [0.15, 0.2) is 66.1 Å². The van der Waals surface area contributed by atoms with E-state index in [0.29, 0.717) is 0 Å². The highest BCUT2D eigenvalue weighted by molar-refractivity contribution is 6.36. The smallest absolute Gasteiger partial charge is 0.345 e. The lowest BCUT2D eigenvalue weighted by molar-refractivity contribution is -0.160. The van der Waals surface area contributed by atoms with Gasteiger partial charge < -0.3 is 39.2 Å². The number of benzene rings is 2. The SMILES string of the molecule is CO[C@H]1/C=C\O[C@@]2(C)Oc3c(C)c(OC(=O)c4ccc(Cl)cc4Cl)c4c(c3C2=O)C(=O)C=C(NC(=O)/C(C)=C\C=C/[C@H](C)[C@H](O)[C@@H](C)[C@H](O)[C@H](C)[C@H](OC(C)=O)[C@@H]1C)C4=O. The molecule has 1 amide bonds. The number of fused-ring (bicyclic) bond motifs is 14. The number of carbonyl (C=O) groups is 6. The zero-order valence-electron chi connectivity index (χ0n) is 34.5. The molecule has 0 spiro atoms. The van der Waals surface area contributed by atoms with Crippen molar-refractivity contribution in [1.29, 1.82) is 0 Å². The van der Waals surface area contributed by atoms with Gasteiger partial charge in [-0.15, -0.1) is 0 Å². The van der Waals surface area contributed by atoms with Crippen LogP contribution in [-0.2, 0) is 23.8 Å². The molecule has 320 valence electrons. The van der Waals surface area contributed by atoms with Crippen molar-refractivity contribution in [2.24, 2.45) is 23.7 Å². The molecule has 14 nitrogen and oxygen atoms in total. The van der Waals surface area contributed by atoms with Gasteiger partial charge in [0.2, 0.25) is 5.78 Å². The summed E-state index contributed by atoms with van der Waals surface area (Å²) in [6.45, 7) is 12.2. The van der Waals surface area contributed by atoms with Gasteiger partial charge in [0.1, 0.15) is 17.6 Å². The van der Waals surface area contributed by atoms with Crippen LogP contribution in [0.3, 0.4) is 0 Å². The van der Waals surface area contributed by atoms with Crippen LogP contribution in [0.2, 0.25) is 10.0 Å². The number of nitrogens with one attached hydrogen (secondary N) is 1. The molecule has 0 aromatic heterocycles. The Labute approximate surface area is 357 Å². The lowest BCUT2D eigenvalue weighted by atomic mass is 9.78. The van der Waals surface area contributed by atoms with Gasteiger partial charge in [0.15, 0.2) is 5.78 Å². The molecule has 0 saturated heterocycles. The molecule has 9 atom stereocenters. The number of allylic oxidation sites excluding steroid dienone is 4. The van der Waals surface area contributed by atoms with Gasteiger partial charge in [-0.05, 0) is 38.1 Å². The van der Waals surface area contributed by atoms with Gasteiger partial charge in [-0.3, -0.25) is 24.0 Å². The maximum atomic E-state index is 14.4. The van der Waals surface area contributed by atoms with Crippen molar-refractivity contribution in [3.8, 4) is 11.5 Å². The first-order chi connectivity index (χ1) is 28.1. The van der Waals surface area contributed by atoms with Gasteiger partial charge in [0, 0.05) is 66.9 Å². The fourth-order valence-corrected chi connectivity index (χ4v) is 8.02. The zero-order chi connectivity index (χ0) is 44.5. The number of halogens is 2. The van der Waals surface area contributed by atoms with Crippen LogP contribution in [0.4, 0.5) is 0 Å². The number of ketones is 3. The normalized spacial score (nSPS) is 30.6. The van der Waals surface area contributed by atoms with Crippen molar-refractivity contribution in [2.75, 3.05) is 7.11 Å². The quantitative estimate of drug-likeness (QED) is 0.224. The average Bonchev–Trinajstić information content (AvgIpc) is 3.45. The Balaban J connectivity index is 1.67. The molecule has 3 N–H and O–H groups in total. The molecule has 0 unspecified atom stereocenters. The summed E-state index contributed by atoms with van der Waals surface area (Å²) >= 11 is 12.3. The summed E-state index contributed by atoms with van der Waals surface area (Å²) in [4.78, 5) is 82.2. The highest BCUT2D eigenvalue weighted by Gasteiger charge is 2.52. The number of amides is 1. The van der Waals surface area contributed by atoms with Crippen molar-refractivity contribution in [3.05, 3.63) is 104 Å². The predicted octanol–water partition coefficient (Wildman–Crippen LogP) is 6.45. The molecule has 1 aliphatic carbocycles. The minimum atomic E-state index is -2.15. The molecule has 3 heterocycles. The van der Waals surface area contributed by atoms with Crippen molar-refractivity contribution < 1.29 is 62.7 Å². The number of aliphatic hydroxyl groups excluding tert-OH is 2. The predicted molar refractivity (Wildman–Crippen MR) is 219 cm³/mol. The van der Waals surface area contributed by atoms with Crippen molar-refractivity contribution in [2.45, 2.75) is 85.6 Å². The van der Waals surface area contributed by atoms with Crippen LogP contribution < -0.4 is 14.8 Å². The van der Waals surface area contributed by atoms with Gasteiger partial charge in [-0.2, -0.15) is 0 Å². The lowest BCUT2D eigenvalue weighted by Crippen LogP contribution is -2.46. The number of Topliss-reactive ketones (excluding diaryl/α,β-unsaturated/α-hetero) is 2. The summed E-state index contributed by atoms with van der Waals surface area (Å²) in [6.07, 6.45) is 4.00. The number of methoxy groups -OCH3 is 1. The summed E-state index contributed by atoms with van der Waals surface area (Å²) in [6, 6.07) is 4.01. The molecule has 0 saturated carbocycles. The average molecular weight is 869 g/mol. The number of esters is 2. The third kappa shape index (κ3) is 8.98. The summed E-state index contributed by atoms with van der Waals surface area (Å²) in [5.74, 6) is -10.5. The van der Waals surface area contributed by atoms with E-state index in [2.05, 4.69) is 5.32 Å². The van der Waals surface area contributed by atoms with Crippen LogP contribution >= 0.6 is 23.2 Å². The maximum absolute atomic E-state index is 14.4. The Morgan fingerprint density at radius 2 is 1.60 bits per heavy atom. The second-order valence-electron chi connectivity index (χ2n) is 15.4. The molecule has 60 heavy (non-hydrogen) atoms. The molecular formula is C44H47Cl2NO13. The summed E-state index contributed by atoms with van der Waals surface area (Å²) in [5.41, 5.74) is -1.79. The number of aliphatic hydroxyl groups is 2. The molecule has 5 bridgehead atoms. The molecule has 16 heteroatoms. The molecule has 4 aliphatic rings. The Hall–Kier alpha value is -5.12. The van der Waals surface area contributed by atoms with Crippen LogP contribution in [0.25, 0.3) is 0 Å².